The second-order valence-corrected chi connectivity index (χ2v) is 5.87. The molecule has 4 nitrogen and oxygen atoms in total. The van der Waals surface area contributed by atoms with Gasteiger partial charge in [-0.15, -0.1) is 0 Å². The van der Waals surface area contributed by atoms with Crippen LogP contribution in [0.25, 0.3) is 10.9 Å². The molecule has 2 aliphatic rings. The first-order chi connectivity index (χ1) is 10.4. The SMILES string of the molecule is c1cnc2c(C3CCCC3)c(NC3=NCCN3)ccc2c1. The lowest BCUT2D eigenvalue weighted by molar-refractivity contribution is 0.729. The maximum absolute atomic E-state index is 4.66. The van der Waals surface area contributed by atoms with E-state index in [0.717, 1.165) is 24.6 Å². The molecular weight excluding hydrogens is 260 g/mol. The van der Waals surface area contributed by atoms with Gasteiger partial charge in [0.25, 0.3) is 0 Å². The molecule has 2 heterocycles. The number of aromatic nitrogens is 1. The predicted octanol–water partition coefficient (Wildman–Crippen LogP) is 3.26. The number of hydrogen-bond acceptors (Lipinski definition) is 4. The van der Waals surface area contributed by atoms with Gasteiger partial charge in [-0.1, -0.05) is 25.0 Å². The van der Waals surface area contributed by atoms with Crippen LogP contribution in [0.5, 0.6) is 0 Å². The highest BCUT2D eigenvalue weighted by Gasteiger charge is 2.23. The summed E-state index contributed by atoms with van der Waals surface area (Å²) >= 11 is 0. The molecule has 1 aromatic heterocycles. The van der Waals surface area contributed by atoms with Crippen molar-refractivity contribution in [3.05, 3.63) is 36.0 Å². The maximum Gasteiger partial charge on any atom is 0.195 e. The van der Waals surface area contributed by atoms with Crippen molar-refractivity contribution in [2.24, 2.45) is 4.99 Å². The molecular formula is C17H20N4. The van der Waals surface area contributed by atoms with Gasteiger partial charge >= 0.3 is 0 Å². The minimum atomic E-state index is 0.619. The van der Waals surface area contributed by atoms with Crippen molar-refractivity contribution in [2.75, 3.05) is 18.4 Å². The molecule has 21 heavy (non-hydrogen) atoms. The largest absolute Gasteiger partial charge is 0.354 e. The van der Waals surface area contributed by atoms with Gasteiger partial charge in [-0.05, 0) is 30.9 Å². The summed E-state index contributed by atoms with van der Waals surface area (Å²) in [5.41, 5.74) is 3.69. The Labute approximate surface area is 124 Å². The smallest absolute Gasteiger partial charge is 0.195 e. The van der Waals surface area contributed by atoms with Gasteiger partial charge in [0.05, 0.1) is 12.1 Å². The summed E-state index contributed by atoms with van der Waals surface area (Å²) in [6, 6.07) is 8.49. The topological polar surface area (TPSA) is 49.3 Å². The highest BCUT2D eigenvalue weighted by atomic mass is 15.2. The summed E-state index contributed by atoms with van der Waals surface area (Å²) in [4.78, 5) is 9.11. The van der Waals surface area contributed by atoms with E-state index in [1.807, 2.05) is 12.3 Å². The van der Waals surface area contributed by atoms with E-state index in [2.05, 4.69) is 38.8 Å². The van der Waals surface area contributed by atoms with E-state index in [-0.39, 0.29) is 0 Å². The molecule has 2 N–H and O–H groups in total. The summed E-state index contributed by atoms with van der Waals surface area (Å²) in [6.07, 6.45) is 7.09. The number of rotatable bonds is 2. The van der Waals surface area contributed by atoms with Crippen LogP contribution in [-0.4, -0.2) is 24.0 Å². The third kappa shape index (κ3) is 2.35. The highest BCUT2D eigenvalue weighted by molar-refractivity contribution is 5.98. The minimum absolute atomic E-state index is 0.619. The predicted molar refractivity (Wildman–Crippen MR) is 86.9 cm³/mol. The van der Waals surface area contributed by atoms with E-state index < -0.39 is 0 Å². The van der Waals surface area contributed by atoms with Crippen LogP contribution < -0.4 is 10.6 Å². The monoisotopic (exact) mass is 280 g/mol. The van der Waals surface area contributed by atoms with Crippen LogP contribution in [0, 0.1) is 0 Å². The number of nitrogens with one attached hydrogen (secondary N) is 2. The van der Waals surface area contributed by atoms with E-state index in [4.69, 9.17) is 0 Å². The molecule has 0 bridgehead atoms. The van der Waals surface area contributed by atoms with Gasteiger partial charge in [-0.2, -0.15) is 0 Å². The van der Waals surface area contributed by atoms with Gasteiger partial charge in [0.15, 0.2) is 5.96 Å². The number of pyridine rings is 1. The van der Waals surface area contributed by atoms with E-state index in [0.29, 0.717) is 5.92 Å². The Hall–Kier alpha value is -2.10. The molecule has 0 amide bonds. The molecule has 1 fully saturated rings. The Kier molecular flexibility index (Phi) is 3.22. The van der Waals surface area contributed by atoms with E-state index >= 15 is 0 Å². The van der Waals surface area contributed by atoms with Crippen molar-refractivity contribution in [3.63, 3.8) is 0 Å². The number of nitrogens with zero attached hydrogens (tertiary/aromatic N) is 2. The van der Waals surface area contributed by atoms with Crippen molar-refractivity contribution in [2.45, 2.75) is 31.6 Å². The average molecular weight is 280 g/mol. The first-order valence-corrected chi connectivity index (χ1v) is 7.85. The van der Waals surface area contributed by atoms with Crippen LogP contribution in [0.15, 0.2) is 35.5 Å². The van der Waals surface area contributed by atoms with Gasteiger partial charge in [-0.3, -0.25) is 9.98 Å². The Balaban J connectivity index is 1.82. The zero-order valence-corrected chi connectivity index (χ0v) is 12.1. The van der Waals surface area contributed by atoms with Crippen molar-refractivity contribution in [1.29, 1.82) is 0 Å². The summed E-state index contributed by atoms with van der Waals surface area (Å²) in [7, 11) is 0. The summed E-state index contributed by atoms with van der Waals surface area (Å²) in [6.45, 7) is 1.78. The van der Waals surface area contributed by atoms with Crippen LogP contribution in [0.2, 0.25) is 0 Å². The molecule has 4 rings (SSSR count). The number of guanidine groups is 1. The summed E-state index contributed by atoms with van der Waals surface area (Å²) in [5, 5.41) is 7.99. The Morgan fingerprint density at radius 2 is 2.05 bits per heavy atom. The third-order valence-electron chi connectivity index (χ3n) is 4.50. The van der Waals surface area contributed by atoms with E-state index in [1.165, 1.54) is 42.3 Å². The zero-order chi connectivity index (χ0) is 14.1. The lowest BCUT2D eigenvalue weighted by Crippen LogP contribution is -2.26. The van der Waals surface area contributed by atoms with Gasteiger partial charge in [0.2, 0.25) is 0 Å². The molecule has 4 heteroatoms. The van der Waals surface area contributed by atoms with Crippen LogP contribution in [0.4, 0.5) is 5.69 Å². The van der Waals surface area contributed by atoms with Crippen LogP contribution in [0.3, 0.4) is 0 Å². The van der Waals surface area contributed by atoms with Crippen molar-refractivity contribution in [1.82, 2.24) is 10.3 Å². The molecule has 1 aliphatic heterocycles. The molecule has 0 radical (unpaired) electrons. The van der Waals surface area contributed by atoms with E-state index in [9.17, 15) is 0 Å². The second-order valence-electron chi connectivity index (χ2n) is 5.87. The van der Waals surface area contributed by atoms with Gasteiger partial charge in [0, 0.05) is 29.4 Å². The maximum atomic E-state index is 4.66. The van der Waals surface area contributed by atoms with Crippen LogP contribution in [0.1, 0.15) is 37.2 Å². The van der Waals surface area contributed by atoms with Crippen molar-refractivity contribution >= 4 is 22.5 Å². The molecule has 108 valence electrons. The minimum Gasteiger partial charge on any atom is -0.354 e. The van der Waals surface area contributed by atoms with Gasteiger partial charge in [-0.25, -0.2) is 0 Å². The first-order valence-electron chi connectivity index (χ1n) is 7.85. The zero-order valence-electron chi connectivity index (χ0n) is 12.1. The number of fused-ring (bicyclic) bond motifs is 1. The molecule has 1 aromatic carbocycles. The normalized spacial score (nSPS) is 18.8. The average Bonchev–Trinajstić information content (AvgIpc) is 3.20. The van der Waals surface area contributed by atoms with Crippen molar-refractivity contribution in [3.8, 4) is 0 Å². The van der Waals surface area contributed by atoms with Crippen LogP contribution in [-0.2, 0) is 0 Å². The fraction of sp³-hybridized carbons (Fsp3) is 0.412. The molecule has 0 unspecified atom stereocenters. The Bertz CT molecular complexity index is 686. The summed E-state index contributed by atoms with van der Waals surface area (Å²) < 4.78 is 0. The number of aliphatic imine (C=N–C) groups is 1. The Morgan fingerprint density at radius 1 is 1.14 bits per heavy atom. The number of hydrogen-bond donors (Lipinski definition) is 2. The highest BCUT2D eigenvalue weighted by Crippen LogP contribution is 2.41. The lowest BCUT2D eigenvalue weighted by atomic mass is 9.93. The van der Waals surface area contributed by atoms with Gasteiger partial charge in [0.1, 0.15) is 0 Å². The molecule has 1 saturated carbocycles. The van der Waals surface area contributed by atoms with Crippen LogP contribution >= 0.6 is 0 Å². The first kappa shape index (κ1) is 12.6. The molecule has 1 aliphatic carbocycles. The quantitative estimate of drug-likeness (QED) is 0.887. The fourth-order valence-electron chi connectivity index (χ4n) is 3.51. The third-order valence-corrected chi connectivity index (χ3v) is 4.50. The van der Waals surface area contributed by atoms with E-state index in [1.54, 1.807) is 0 Å². The molecule has 2 aromatic rings. The molecule has 0 saturated heterocycles. The Morgan fingerprint density at radius 3 is 2.86 bits per heavy atom. The van der Waals surface area contributed by atoms with Crippen molar-refractivity contribution < 1.29 is 0 Å². The standard InChI is InChI=1S/C17H20N4/c1-2-5-12(4-1)15-14(21-17-19-10-11-20-17)8-7-13-6-3-9-18-16(13)15/h3,6-9,12H,1-2,4-5,10-11H2,(H2,19,20,21). The second kappa shape index (κ2) is 5.35. The number of anilines is 1. The fourth-order valence-corrected chi connectivity index (χ4v) is 3.51. The lowest BCUT2D eigenvalue weighted by Gasteiger charge is -2.19. The molecule has 0 atom stereocenters. The summed E-state index contributed by atoms with van der Waals surface area (Å²) in [5.74, 6) is 1.51. The number of benzene rings is 1. The molecule has 0 spiro atoms. The van der Waals surface area contributed by atoms with Gasteiger partial charge < -0.3 is 10.6 Å².